The zero-order valence-electron chi connectivity index (χ0n) is 11.8. The van der Waals surface area contributed by atoms with Gasteiger partial charge in [-0.2, -0.15) is 0 Å². The molecular weight excluding hydrogens is 310 g/mol. The average Bonchev–Trinajstić information content (AvgIpc) is 2.48. The Morgan fingerprint density at radius 3 is 2.14 bits per heavy atom. The van der Waals surface area contributed by atoms with Crippen LogP contribution < -0.4 is 9.04 Å². The third-order valence-corrected chi connectivity index (χ3v) is 5.04. The summed E-state index contributed by atoms with van der Waals surface area (Å²) in [6.07, 6.45) is 0. The van der Waals surface area contributed by atoms with Crippen molar-refractivity contribution >= 4 is 27.3 Å². The van der Waals surface area contributed by atoms with Crippen LogP contribution in [0.15, 0.2) is 53.4 Å². The van der Waals surface area contributed by atoms with Crippen molar-refractivity contribution in [2.75, 3.05) is 18.0 Å². The summed E-state index contributed by atoms with van der Waals surface area (Å²) in [6.45, 7) is 2.41. The Labute approximate surface area is 130 Å². The van der Waals surface area contributed by atoms with Gasteiger partial charge in [-0.05, 0) is 55.5 Å². The topological polar surface area (TPSA) is 46.6 Å². The molecule has 0 saturated carbocycles. The monoisotopic (exact) mass is 325 g/mol. The van der Waals surface area contributed by atoms with E-state index in [2.05, 4.69) is 0 Å². The van der Waals surface area contributed by atoms with Crippen LogP contribution in [-0.4, -0.2) is 22.1 Å². The highest BCUT2D eigenvalue weighted by atomic mass is 35.5. The van der Waals surface area contributed by atoms with Crippen molar-refractivity contribution in [2.45, 2.75) is 11.8 Å². The number of nitrogens with zero attached hydrogens (tertiary/aromatic N) is 1. The first-order valence-electron chi connectivity index (χ1n) is 6.42. The van der Waals surface area contributed by atoms with Crippen molar-refractivity contribution in [3.63, 3.8) is 0 Å². The van der Waals surface area contributed by atoms with Crippen LogP contribution in [0.5, 0.6) is 5.75 Å². The van der Waals surface area contributed by atoms with Crippen LogP contribution >= 0.6 is 11.6 Å². The smallest absolute Gasteiger partial charge is 0.264 e. The highest BCUT2D eigenvalue weighted by molar-refractivity contribution is 7.92. The van der Waals surface area contributed by atoms with E-state index in [-0.39, 0.29) is 4.90 Å². The Balaban J connectivity index is 2.30. The van der Waals surface area contributed by atoms with Crippen molar-refractivity contribution < 1.29 is 13.2 Å². The Bertz CT molecular complexity index is 697. The van der Waals surface area contributed by atoms with Gasteiger partial charge < -0.3 is 4.74 Å². The third-order valence-electron chi connectivity index (χ3n) is 2.98. The SMILES string of the molecule is CCOc1ccc(S(=O)(=O)N(C)c2ccc(Cl)cc2)cc1. The number of rotatable bonds is 5. The third kappa shape index (κ3) is 3.49. The van der Waals surface area contributed by atoms with Crippen molar-refractivity contribution in [1.82, 2.24) is 0 Å². The van der Waals surface area contributed by atoms with E-state index in [9.17, 15) is 8.42 Å². The van der Waals surface area contributed by atoms with Gasteiger partial charge in [0.1, 0.15) is 5.75 Å². The van der Waals surface area contributed by atoms with Crippen LogP contribution in [0, 0.1) is 0 Å². The van der Waals surface area contributed by atoms with Gasteiger partial charge in [0.25, 0.3) is 10.0 Å². The number of ether oxygens (including phenoxy) is 1. The molecule has 0 heterocycles. The molecule has 0 N–H and O–H groups in total. The highest BCUT2D eigenvalue weighted by Gasteiger charge is 2.21. The van der Waals surface area contributed by atoms with Crippen LogP contribution in [0.25, 0.3) is 0 Å². The fraction of sp³-hybridized carbons (Fsp3) is 0.200. The van der Waals surface area contributed by atoms with Gasteiger partial charge in [-0.15, -0.1) is 0 Å². The molecule has 112 valence electrons. The van der Waals surface area contributed by atoms with E-state index < -0.39 is 10.0 Å². The van der Waals surface area contributed by atoms with Crippen molar-refractivity contribution in [2.24, 2.45) is 0 Å². The Morgan fingerprint density at radius 1 is 1.05 bits per heavy atom. The minimum Gasteiger partial charge on any atom is -0.494 e. The molecular formula is C15H16ClNO3S. The van der Waals surface area contributed by atoms with E-state index in [4.69, 9.17) is 16.3 Å². The summed E-state index contributed by atoms with van der Waals surface area (Å²) in [4.78, 5) is 0.211. The van der Waals surface area contributed by atoms with Gasteiger partial charge >= 0.3 is 0 Å². The average molecular weight is 326 g/mol. The second kappa shape index (κ2) is 6.37. The molecule has 2 rings (SSSR count). The van der Waals surface area contributed by atoms with Gasteiger partial charge in [-0.1, -0.05) is 11.6 Å². The molecule has 0 radical (unpaired) electrons. The number of benzene rings is 2. The lowest BCUT2D eigenvalue weighted by atomic mass is 10.3. The van der Waals surface area contributed by atoms with E-state index in [1.165, 1.54) is 23.5 Å². The molecule has 0 aliphatic heterocycles. The summed E-state index contributed by atoms with van der Waals surface area (Å²) in [5, 5.41) is 0.561. The van der Waals surface area contributed by atoms with Gasteiger partial charge in [0, 0.05) is 12.1 Å². The number of anilines is 1. The number of hydrogen-bond acceptors (Lipinski definition) is 3. The van der Waals surface area contributed by atoms with Gasteiger partial charge in [-0.3, -0.25) is 4.31 Å². The van der Waals surface area contributed by atoms with Gasteiger partial charge in [-0.25, -0.2) is 8.42 Å². The van der Waals surface area contributed by atoms with Crippen LogP contribution in [-0.2, 0) is 10.0 Å². The summed E-state index contributed by atoms with van der Waals surface area (Å²) in [5.41, 5.74) is 0.549. The lowest BCUT2D eigenvalue weighted by Crippen LogP contribution is -2.26. The first-order valence-corrected chi connectivity index (χ1v) is 8.24. The van der Waals surface area contributed by atoms with Crippen molar-refractivity contribution in [3.05, 3.63) is 53.6 Å². The molecule has 0 fully saturated rings. The number of halogens is 1. The fourth-order valence-corrected chi connectivity index (χ4v) is 3.14. The maximum atomic E-state index is 12.5. The maximum Gasteiger partial charge on any atom is 0.264 e. The Kier molecular flexibility index (Phi) is 4.75. The minimum absolute atomic E-state index is 0.211. The van der Waals surface area contributed by atoms with E-state index in [0.717, 1.165) is 0 Å². The van der Waals surface area contributed by atoms with Crippen molar-refractivity contribution in [3.8, 4) is 5.75 Å². The van der Waals surface area contributed by atoms with Crippen LogP contribution in [0.2, 0.25) is 5.02 Å². The number of sulfonamides is 1. The minimum atomic E-state index is -3.60. The van der Waals surface area contributed by atoms with Gasteiger partial charge in [0.15, 0.2) is 0 Å². The molecule has 0 aromatic heterocycles. The predicted octanol–water partition coefficient (Wildman–Crippen LogP) is 3.56. The summed E-state index contributed by atoms with van der Waals surface area (Å²) < 4.78 is 31.6. The summed E-state index contributed by atoms with van der Waals surface area (Å²) >= 11 is 5.81. The Morgan fingerprint density at radius 2 is 1.62 bits per heavy atom. The highest BCUT2D eigenvalue weighted by Crippen LogP contribution is 2.24. The molecule has 0 atom stereocenters. The summed E-state index contributed by atoms with van der Waals surface area (Å²) in [7, 11) is -2.09. The standard InChI is InChI=1S/C15H16ClNO3S/c1-3-20-14-8-10-15(11-9-14)21(18,19)17(2)13-6-4-12(16)5-7-13/h4-11H,3H2,1-2H3. The second-order valence-electron chi connectivity index (χ2n) is 4.35. The lowest BCUT2D eigenvalue weighted by molar-refractivity contribution is 0.340. The van der Waals surface area contributed by atoms with Crippen LogP contribution in [0.1, 0.15) is 6.92 Å². The van der Waals surface area contributed by atoms with E-state index in [1.807, 2.05) is 6.92 Å². The molecule has 2 aromatic rings. The Hall–Kier alpha value is -1.72. The predicted molar refractivity (Wildman–Crippen MR) is 84.7 cm³/mol. The molecule has 0 saturated heterocycles. The largest absolute Gasteiger partial charge is 0.494 e. The molecule has 0 unspecified atom stereocenters. The zero-order valence-corrected chi connectivity index (χ0v) is 13.4. The quantitative estimate of drug-likeness (QED) is 0.844. The maximum absolute atomic E-state index is 12.5. The normalized spacial score (nSPS) is 11.2. The van der Waals surface area contributed by atoms with Gasteiger partial charge in [0.05, 0.1) is 17.2 Å². The molecule has 0 aliphatic carbocycles. The van der Waals surface area contributed by atoms with E-state index in [1.54, 1.807) is 36.4 Å². The molecule has 2 aromatic carbocycles. The van der Waals surface area contributed by atoms with Crippen molar-refractivity contribution in [1.29, 1.82) is 0 Å². The summed E-state index contributed by atoms with van der Waals surface area (Å²) in [5.74, 6) is 0.644. The molecule has 0 bridgehead atoms. The number of hydrogen-bond donors (Lipinski definition) is 0. The second-order valence-corrected chi connectivity index (χ2v) is 6.76. The molecule has 0 aliphatic rings. The first-order chi connectivity index (χ1) is 9.95. The van der Waals surface area contributed by atoms with Crippen LogP contribution in [0.3, 0.4) is 0 Å². The van der Waals surface area contributed by atoms with Gasteiger partial charge in [0.2, 0.25) is 0 Å². The van der Waals surface area contributed by atoms with E-state index in [0.29, 0.717) is 23.1 Å². The lowest BCUT2D eigenvalue weighted by Gasteiger charge is -2.19. The summed E-state index contributed by atoms with van der Waals surface area (Å²) in [6, 6.07) is 13.0. The molecule has 6 heteroatoms. The van der Waals surface area contributed by atoms with E-state index >= 15 is 0 Å². The van der Waals surface area contributed by atoms with Crippen LogP contribution in [0.4, 0.5) is 5.69 Å². The first kappa shape index (κ1) is 15.7. The molecule has 4 nitrogen and oxygen atoms in total. The fourth-order valence-electron chi connectivity index (χ4n) is 1.82. The molecule has 21 heavy (non-hydrogen) atoms. The zero-order chi connectivity index (χ0) is 15.5. The molecule has 0 spiro atoms. The molecule has 0 amide bonds.